The molecule has 8 nitrogen and oxygen atoms in total. The van der Waals surface area contributed by atoms with Gasteiger partial charge in [0, 0.05) is 38.8 Å². The summed E-state index contributed by atoms with van der Waals surface area (Å²) in [6.45, 7) is 7.83. The van der Waals surface area contributed by atoms with Crippen LogP contribution in [0.4, 0.5) is 4.79 Å². The molecule has 1 aliphatic carbocycles. The maximum atomic E-state index is 12.3. The Balaban J connectivity index is 1.17. The first kappa shape index (κ1) is 21.9. The molecule has 2 aliphatic heterocycles. The molecule has 3 aliphatic rings. The van der Waals surface area contributed by atoms with Crippen molar-refractivity contribution in [3.63, 3.8) is 0 Å². The maximum Gasteiger partial charge on any atom is 0.321 e. The molecule has 2 fully saturated rings. The summed E-state index contributed by atoms with van der Waals surface area (Å²) in [5.41, 5.74) is 1.20. The highest BCUT2D eigenvalue weighted by molar-refractivity contribution is 5.95. The number of hydrogen-bond donors (Lipinski definition) is 2. The monoisotopic (exact) mass is 430 g/mol. The first-order chi connectivity index (χ1) is 15.1. The van der Waals surface area contributed by atoms with Crippen molar-refractivity contribution in [2.45, 2.75) is 45.2 Å². The third-order valence-electron chi connectivity index (χ3n) is 6.53. The van der Waals surface area contributed by atoms with E-state index in [1.807, 2.05) is 6.07 Å². The molecule has 1 saturated carbocycles. The summed E-state index contributed by atoms with van der Waals surface area (Å²) in [4.78, 5) is 29.0. The van der Waals surface area contributed by atoms with Crippen molar-refractivity contribution in [3.05, 3.63) is 23.8 Å². The van der Waals surface area contributed by atoms with Crippen molar-refractivity contribution in [1.82, 2.24) is 20.4 Å². The molecule has 0 bridgehead atoms. The highest BCUT2D eigenvalue weighted by Crippen LogP contribution is 2.31. The van der Waals surface area contributed by atoms with Gasteiger partial charge in [0.25, 0.3) is 0 Å². The van der Waals surface area contributed by atoms with E-state index >= 15 is 0 Å². The minimum absolute atomic E-state index is 0.172. The average molecular weight is 431 g/mol. The van der Waals surface area contributed by atoms with Crippen LogP contribution in [-0.4, -0.2) is 73.7 Å². The molecule has 0 spiro atoms. The molecule has 2 atom stereocenters. The Morgan fingerprint density at radius 2 is 1.71 bits per heavy atom. The number of amides is 3. The second kappa shape index (κ2) is 10.3. The Hall–Kier alpha value is -2.32. The molecule has 2 heterocycles. The van der Waals surface area contributed by atoms with Crippen LogP contribution in [0.5, 0.6) is 11.5 Å². The van der Waals surface area contributed by atoms with Crippen molar-refractivity contribution in [3.8, 4) is 11.5 Å². The van der Waals surface area contributed by atoms with Crippen LogP contribution < -0.4 is 20.1 Å². The van der Waals surface area contributed by atoms with Crippen molar-refractivity contribution in [1.29, 1.82) is 0 Å². The SMILES string of the molecule is C[C@@H]1CCCC[C@@H]1NC(=O)NC(=O)CN1CCN(Cc2ccc3c(c2)OCCO3)CC1. The van der Waals surface area contributed by atoms with Gasteiger partial charge in [-0.15, -0.1) is 0 Å². The smallest absolute Gasteiger partial charge is 0.321 e. The molecule has 0 unspecified atom stereocenters. The topological polar surface area (TPSA) is 83.1 Å². The molecule has 1 aromatic rings. The third kappa shape index (κ3) is 6.11. The molecule has 4 rings (SSSR count). The largest absolute Gasteiger partial charge is 0.486 e. The number of nitrogens with one attached hydrogen (secondary N) is 2. The average Bonchev–Trinajstić information content (AvgIpc) is 2.76. The molecule has 1 aromatic carbocycles. The highest BCUT2D eigenvalue weighted by Gasteiger charge is 2.24. The lowest BCUT2D eigenvalue weighted by Gasteiger charge is -2.34. The maximum absolute atomic E-state index is 12.3. The van der Waals surface area contributed by atoms with Gasteiger partial charge in [0.1, 0.15) is 13.2 Å². The van der Waals surface area contributed by atoms with Gasteiger partial charge in [0.15, 0.2) is 11.5 Å². The van der Waals surface area contributed by atoms with Gasteiger partial charge in [-0.2, -0.15) is 0 Å². The van der Waals surface area contributed by atoms with E-state index in [1.54, 1.807) is 0 Å². The zero-order chi connectivity index (χ0) is 21.6. The van der Waals surface area contributed by atoms with Crippen LogP contribution in [0.25, 0.3) is 0 Å². The molecule has 0 aromatic heterocycles. The van der Waals surface area contributed by atoms with E-state index in [-0.39, 0.29) is 24.5 Å². The van der Waals surface area contributed by atoms with E-state index in [2.05, 4.69) is 39.5 Å². The number of nitrogens with zero attached hydrogens (tertiary/aromatic N) is 2. The van der Waals surface area contributed by atoms with Crippen molar-refractivity contribution in [2.75, 3.05) is 45.9 Å². The lowest BCUT2D eigenvalue weighted by Crippen LogP contribution is -2.52. The normalized spacial score (nSPS) is 24.4. The van der Waals surface area contributed by atoms with Gasteiger partial charge in [-0.1, -0.05) is 25.8 Å². The van der Waals surface area contributed by atoms with Gasteiger partial charge in [-0.3, -0.25) is 19.9 Å². The molecule has 8 heteroatoms. The summed E-state index contributed by atoms with van der Waals surface area (Å²) in [6, 6.07) is 5.93. The van der Waals surface area contributed by atoms with Crippen LogP contribution in [-0.2, 0) is 11.3 Å². The molecule has 2 N–H and O–H groups in total. The van der Waals surface area contributed by atoms with E-state index in [1.165, 1.54) is 12.0 Å². The van der Waals surface area contributed by atoms with Gasteiger partial charge in [0.05, 0.1) is 6.54 Å². The van der Waals surface area contributed by atoms with Crippen LogP contribution in [0.1, 0.15) is 38.2 Å². The Bertz CT molecular complexity index is 779. The molecule has 3 amide bonds. The van der Waals surface area contributed by atoms with Crippen molar-refractivity contribution >= 4 is 11.9 Å². The summed E-state index contributed by atoms with van der Waals surface area (Å²) in [5, 5.41) is 5.48. The van der Waals surface area contributed by atoms with Crippen LogP contribution in [0.2, 0.25) is 0 Å². The van der Waals surface area contributed by atoms with Gasteiger partial charge >= 0.3 is 6.03 Å². The summed E-state index contributed by atoms with van der Waals surface area (Å²) < 4.78 is 11.3. The Morgan fingerprint density at radius 3 is 2.48 bits per heavy atom. The summed E-state index contributed by atoms with van der Waals surface area (Å²) >= 11 is 0. The van der Waals surface area contributed by atoms with Gasteiger partial charge in [-0.25, -0.2) is 4.79 Å². The number of piperazine rings is 1. The molecule has 170 valence electrons. The van der Waals surface area contributed by atoms with Crippen molar-refractivity contribution < 1.29 is 19.1 Å². The van der Waals surface area contributed by atoms with E-state index < -0.39 is 0 Å². The van der Waals surface area contributed by atoms with E-state index in [4.69, 9.17) is 9.47 Å². The minimum Gasteiger partial charge on any atom is -0.486 e. The van der Waals surface area contributed by atoms with Crippen LogP contribution in [0.15, 0.2) is 18.2 Å². The Labute approximate surface area is 184 Å². The third-order valence-corrected chi connectivity index (χ3v) is 6.53. The van der Waals surface area contributed by atoms with E-state index in [0.29, 0.717) is 19.1 Å². The molecular formula is C23H34N4O4. The first-order valence-corrected chi connectivity index (χ1v) is 11.5. The zero-order valence-corrected chi connectivity index (χ0v) is 18.4. The summed E-state index contributed by atoms with van der Waals surface area (Å²) in [5.74, 6) is 1.87. The second-order valence-electron chi connectivity index (χ2n) is 8.92. The molecule has 0 radical (unpaired) electrons. The number of fused-ring (bicyclic) bond motifs is 1. The number of imide groups is 1. The molecular weight excluding hydrogens is 396 g/mol. The number of urea groups is 1. The lowest BCUT2D eigenvalue weighted by atomic mass is 9.86. The van der Waals surface area contributed by atoms with Crippen LogP contribution >= 0.6 is 0 Å². The second-order valence-corrected chi connectivity index (χ2v) is 8.92. The first-order valence-electron chi connectivity index (χ1n) is 11.5. The van der Waals surface area contributed by atoms with Crippen LogP contribution in [0.3, 0.4) is 0 Å². The summed E-state index contributed by atoms with van der Waals surface area (Å²) in [7, 11) is 0. The number of carbonyl (C=O) groups excluding carboxylic acids is 2. The summed E-state index contributed by atoms with van der Waals surface area (Å²) in [6.07, 6.45) is 4.49. The molecule has 1 saturated heterocycles. The fraction of sp³-hybridized carbons (Fsp3) is 0.652. The van der Waals surface area contributed by atoms with Gasteiger partial charge < -0.3 is 14.8 Å². The highest BCUT2D eigenvalue weighted by atomic mass is 16.6. The van der Waals surface area contributed by atoms with E-state index in [0.717, 1.165) is 63.5 Å². The van der Waals surface area contributed by atoms with Gasteiger partial charge in [0.2, 0.25) is 5.91 Å². The Morgan fingerprint density at radius 1 is 1.00 bits per heavy atom. The number of benzene rings is 1. The van der Waals surface area contributed by atoms with E-state index in [9.17, 15) is 9.59 Å². The number of hydrogen-bond acceptors (Lipinski definition) is 6. The van der Waals surface area contributed by atoms with Gasteiger partial charge in [-0.05, 0) is 36.5 Å². The fourth-order valence-electron chi connectivity index (χ4n) is 4.65. The minimum atomic E-state index is -0.360. The molecule has 31 heavy (non-hydrogen) atoms. The Kier molecular flexibility index (Phi) is 7.29. The quantitative estimate of drug-likeness (QED) is 0.743. The number of carbonyl (C=O) groups is 2. The number of rotatable bonds is 5. The predicted octanol–water partition coefficient (Wildman–Crippen LogP) is 1.98. The standard InChI is InChI=1S/C23H34N4O4/c1-17-4-2-3-5-19(17)24-23(29)25-22(28)16-27-10-8-26(9-11-27)15-18-6-7-20-21(14-18)31-13-12-30-20/h6-7,14,17,19H,2-5,8-13,15-16H2,1H3,(H2,24,25,28,29)/t17-,19+/m1/s1. The fourth-order valence-corrected chi connectivity index (χ4v) is 4.65. The number of ether oxygens (including phenoxy) is 2. The zero-order valence-electron chi connectivity index (χ0n) is 18.4. The lowest BCUT2D eigenvalue weighted by molar-refractivity contribution is -0.121. The van der Waals surface area contributed by atoms with Crippen LogP contribution in [0, 0.1) is 5.92 Å². The predicted molar refractivity (Wildman–Crippen MR) is 117 cm³/mol. The van der Waals surface area contributed by atoms with Crippen molar-refractivity contribution in [2.24, 2.45) is 5.92 Å².